The molecule has 2 aromatic carbocycles. The Bertz CT molecular complexity index is 862. The summed E-state index contributed by atoms with van der Waals surface area (Å²) in [4.78, 5) is 12.2. The summed E-state index contributed by atoms with van der Waals surface area (Å²) in [6.07, 6.45) is 2.01. The maximum Gasteiger partial charge on any atom is 0.255 e. The number of carbonyl (C=O) groups is 1. The van der Waals surface area contributed by atoms with Crippen LogP contribution < -0.4 is 15.4 Å². The van der Waals surface area contributed by atoms with Crippen molar-refractivity contribution in [1.82, 2.24) is 10.0 Å². The van der Waals surface area contributed by atoms with E-state index in [-0.39, 0.29) is 10.9 Å². The van der Waals surface area contributed by atoms with Crippen LogP contribution in [0.25, 0.3) is 0 Å². The fourth-order valence-corrected chi connectivity index (χ4v) is 3.83. The van der Waals surface area contributed by atoms with Crippen LogP contribution in [0.1, 0.15) is 23.2 Å². The summed E-state index contributed by atoms with van der Waals surface area (Å²) in [5.74, 6) is -0.817. The van der Waals surface area contributed by atoms with Crippen molar-refractivity contribution >= 4 is 21.6 Å². The number of anilines is 1. The molecule has 1 atom stereocenters. The summed E-state index contributed by atoms with van der Waals surface area (Å²) in [7, 11) is -3.59. The molecule has 1 aliphatic rings. The molecule has 1 amide bonds. The fourth-order valence-electron chi connectivity index (χ4n) is 2.75. The molecular weight excluding hydrogens is 357 g/mol. The van der Waals surface area contributed by atoms with E-state index in [0.29, 0.717) is 17.8 Å². The van der Waals surface area contributed by atoms with E-state index in [0.717, 1.165) is 19.4 Å². The third-order valence-electron chi connectivity index (χ3n) is 4.21. The van der Waals surface area contributed by atoms with Gasteiger partial charge in [-0.2, -0.15) is 0 Å². The molecule has 8 heteroatoms. The SMILES string of the molecule is O=C(Nc1ccc(S(=O)(=O)NCC2CCCN2)cc1)c1ccc(F)cc1. The average molecular weight is 377 g/mol. The van der Waals surface area contributed by atoms with Crippen LogP contribution in [0, 0.1) is 5.82 Å². The molecule has 0 aliphatic carbocycles. The molecule has 1 saturated heterocycles. The molecule has 1 fully saturated rings. The monoisotopic (exact) mass is 377 g/mol. The van der Waals surface area contributed by atoms with Crippen molar-refractivity contribution in [3.05, 3.63) is 59.9 Å². The van der Waals surface area contributed by atoms with Crippen LogP contribution in [-0.2, 0) is 10.0 Å². The van der Waals surface area contributed by atoms with Gasteiger partial charge in [0.05, 0.1) is 4.90 Å². The van der Waals surface area contributed by atoms with Crippen LogP contribution in [0.4, 0.5) is 10.1 Å². The first kappa shape index (κ1) is 18.5. The predicted molar refractivity (Wildman–Crippen MR) is 97.0 cm³/mol. The lowest BCUT2D eigenvalue weighted by atomic mass is 10.2. The van der Waals surface area contributed by atoms with E-state index >= 15 is 0 Å². The molecule has 3 rings (SSSR count). The first-order valence-corrected chi connectivity index (χ1v) is 9.82. The maximum atomic E-state index is 12.9. The van der Waals surface area contributed by atoms with Crippen LogP contribution in [0.2, 0.25) is 0 Å². The number of sulfonamides is 1. The maximum absolute atomic E-state index is 12.9. The van der Waals surface area contributed by atoms with Crippen LogP contribution >= 0.6 is 0 Å². The Balaban J connectivity index is 1.61. The number of hydrogen-bond donors (Lipinski definition) is 3. The van der Waals surface area contributed by atoms with Crippen LogP contribution in [0.3, 0.4) is 0 Å². The number of carbonyl (C=O) groups excluding carboxylic acids is 1. The Labute approximate surface area is 151 Å². The minimum atomic E-state index is -3.59. The molecule has 0 saturated carbocycles. The number of benzene rings is 2. The minimum Gasteiger partial charge on any atom is -0.322 e. The van der Waals surface area contributed by atoms with Crippen molar-refractivity contribution in [2.75, 3.05) is 18.4 Å². The molecule has 2 aromatic rings. The number of amides is 1. The second kappa shape index (κ2) is 7.94. The summed E-state index contributed by atoms with van der Waals surface area (Å²) >= 11 is 0. The van der Waals surface area contributed by atoms with E-state index in [9.17, 15) is 17.6 Å². The van der Waals surface area contributed by atoms with Gasteiger partial charge in [0, 0.05) is 23.8 Å². The molecule has 0 aromatic heterocycles. The van der Waals surface area contributed by atoms with Gasteiger partial charge < -0.3 is 10.6 Å². The van der Waals surface area contributed by atoms with Gasteiger partial charge in [-0.3, -0.25) is 4.79 Å². The zero-order chi connectivity index (χ0) is 18.6. The summed E-state index contributed by atoms with van der Waals surface area (Å²) in [5, 5.41) is 5.88. The summed E-state index contributed by atoms with van der Waals surface area (Å²) in [6, 6.07) is 11.2. The van der Waals surface area contributed by atoms with Crippen molar-refractivity contribution in [3.8, 4) is 0 Å². The lowest BCUT2D eigenvalue weighted by Gasteiger charge is -2.12. The Hall–Kier alpha value is -2.29. The van der Waals surface area contributed by atoms with Gasteiger partial charge in [-0.05, 0) is 67.9 Å². The van der Waals surface area contributed by atoms with Crippen LogP contribution in [0.15, 0.2) is 53.4 Å². The lowest BCUT2D eigenvalue weighted by Crippen LogP contribution is -2.37. The molecule has 0 radical (unpaired) electrons. The van der Waals surface area contributed by atoms with Crippen LogP contribution in [-0.4, -0.2) is 33.5 Å². The predicted octanol–water partition coefficient (Wildman–Crippen LogP) is 2.11. The van der Waals surface area contributed by atoms with Crippen molar-refractivity contribution in [2.24, 2.45) is 0 Å². The molecule has 1 unspecified atom stereocenters. The molecule has 6 nitrogen and oxygen atoms in total. The normalized spacial score (nSPS) is 17.2. The van der Waals surface area contributed by atoms with Crippen molar-refractivity contribution in [3.63, 3.8) is 0 Å². The first-order valence-electron chi connectivity index (χ1n) is 8.34. The van der Waals surface area contributed by atoms with Gasteiger partial charge >= 0.3 is 0 Å². The van der Waals surface area contributed by atoms with E-state index in [1.165, 1.54) is 48.5 Å². The van der Waals surface area contributed by atoms with E-state index in [2.05, 4.69) is 15.4 Å². The Morgan fingerprint density at radius 3 is 2.42 bits per heavy atom. The van der Waals surface area contributed by atoms with Gasteiger partial charge in [0.25, 0.3) is 5.91 Å². The zero-order valence-corrected chi connectivity index (χ0v) is 14.9. The summed E-state index contributed by atoms with van der Waals surface area (Å²) in [5.41, 5.74) is 0.768. The topological polar surface area (TPSA) is 87.3 Å². The van der Waals surface area contributed by atoms with Crippen LogP contribution in [0.5, 0.6) is 0 Å². The van der Waals surface area contributed by atoms with E-state index < -0.39 is 21.7 Å². The van der Waals surface area contributed by atoms with Gasteiger partial charge in [0.1, 0.15) is 5.82 Å². The highest BCUT2D eigenvalue weighted by Crippen LogP contribution is 2.16. The molecular formula is C18H20FN3O3S. The number of nitrogens with one attached hydrogen (secondary N) is 3. The first-order chi connectivity index (χ1) is 12.4. The quantitative estimate of drug-likeness (QED) is 0.720. The molecule has 0 bridgehead atoms. The minimum absolute atomic E-state index is 0.135. The van der Waals surface area contributed by atoms with Gasteiger partial charge in [-0.1, -0.05) is 0 Å². The van der Waals surface area contributed by atoms with E-state index in [4.69, 9.17) is 0 Å². The number of halogens is 1. The highest BCUT2D eigenvalue weighted by atomic mass is 32.2. The summed E-state index contributed by atoms with van der Waals surface area (Å²) < 4.78 is 40.1. The lowest BCUT2D eigenvalue weighted by molar-refractivity contribution is 0.102. The second-order valence-electron chi connectivity index (χ2n) is 6.13. The highest BCUT2D eigenvalue weighted by molar-refractivity contribution is 7.89. The average Bonchev–Trinajstić information content (AvgIpc) is 3.15. The largest absolute Gasteiger partial charge is 0.322 e. The van der Waals surface area contributed by atoms with E-state index in [1.807, 2.05) is 0 Å². The van der Waals surface area contributed by atoms with Gasteiger partial charge in [-0.15, -0.1) is 0 Å². The highest BCUT2D eigenvalue weighted by Gasteiger charge is 2.19. The molecule has 1 heterocycles. The zero-order valence-electron chi connectivity index (χ0n) is 14.0. The van der Waals surface area contributed by atoms with Gasteiger partial charge in [0.15, 0.2) is 0 Å². The Morgan fingerprint density at radius 1 is 1.12 bits per heavy atom. The van der Waals surface area contributed by atoms with Gasteiger partial charge in [0.2, 0.25) is 10.0 Å². The van der Waals surface area contributed by atoms with Crippen molar-refractivity contribution in [2.45, 2.75) is 23.8 Å². The molecule has 26 heavy (non-hydrogen) atoms. The smallest absolute Gasteiger partial charge is 0.255 e. The molecule has 1 aliphatic heterocycles. The van der Waals surface area contributed by atoms with E-state index in [1.54, 1.807) is 0 Å². The Morgan fingerprint density at radius 2 is 1.81 bits per heavy atom. The standard InChI is InChI=1S/C18H20FN3O3S/c19-14-5-3-13(4-6-14)18(23)22-15-7-9-17(10-8-15)26(24,25)21-12-16-2-1-11-20-16/h3-10,16,20-21H,1-2,11-12H2,(H,22,23). The summed E-state index contributed by atoms with van der Waals surface area (Å²) in [6.45, 7) is 1.26. The third-order valence-corrected chi connectivity index (χ3v) is 5.65. The third kappa shape index (κ3) is 4.66. The van der Waals surface area contributed by atoms with Gasteiger partial charge in [-0.25, -0.2) is 17.5 Å². The second-order valence-corrected chi connectivity index (χ2v) is 7.90. The number of rotatable bonds is 6. The fraction of sp³-hybridized carbons (Fsp3) is 0.278. The van der Waals surface area contributed by atoms with Crippen molar-refractivity contribution < 1.29 is 17.6 Å². The molecule has 0 spiro atoms. The Kier molecular flexibility index (Phi) is 5.65. The number of hydrogen-bond acceptors (Lipinski definition) is 4. The van der Waals surface area contributed by atoms with Crippen molar-refractivity contribution in [1.29, 1.82) is 0 Å². The molecule has 3 N–H and O–H groups in total. The molecule has 138 valence electrons.